The Balaban J connectivity index is 1.75. The summed E-state index contributed by atoms with van der Waals surface area (Å²) in [5, 5.41) is 9.60. The van der Waals surface area contributed by atoms with Gasteiger partial charge in [-0.1, -0.05) is 6.92 Å². The highest BCUT2D eigenvalue weighted by Gasteiger charge is 2.26. The number of nitrogens with zero attached hydrogens (tertiary/aromatic N) is 1. The quantitative estimate of drug-likeness (QED) is 0.711. The van der Waals surface area contributed by atoms with Crippen molar-refractivity contribution in [1.29, 1.82) is 0 Å². The Morgan fingerprint density at radius 3 is 2.93 bits per heavy atom. The summed E-state index contributed by atoms with van der Waals surface area (Å²) in [6.45, 7) is 7.29. The van der Waals surface area contributed by atoms with Gasteiger partial charge in [0, 0.05) is 26.2 Å². The molecule has 2 aliphatic rings. The van der Waals surface area contributed by atoms with Crippen LogP contribution >= 0.6 is 0 Å². The first-order valence-electron chi connectivity index (χ1n) is 5.74. The molecule has 3 atom stereocenters. The largest absolute Gasteiger partial charge is 0.393 e. The summed E-state index contributed by atoms with van der Waals surface area (Å²) in [6.07, 6.45) is 2.08. The van der Waals surface area contributed by atoms with Gasteiger partial charge in [-0.25, -0.2) is 0 Å². The van der Waals surface area contributed by atoms with E-state index >= 15 is 0 Å². The van der Waals surface area contributed by atoms with Gasteiger partial charge in [0.05, 0.1) is 12.7 Å². The molecule has 2 rings (SSSR count). The van der Waals surface area contributed by atoms with Crippen LogP contribution in [-0.4, -0.2) is 49.0 Å². The first-order chi connectivity index (χ1) is 6.75. The normalized spacial score (nSPS) is 40.3. The molecule has 0 saturated carbocycles. The molecule has 2 aliphatic heterocycles. The smallest absolute Gasteiger partial charge is 0.0590 e. The second kappa shape index (κ2) is 4.60. The highest BCUT2D eigenvalue weighted by Crippen LogP contribution is 2.20. The zero-order valence-electron chi connectivity index (χ0n) is 8.98. The second-order valence-corrected chi connectivity index (χ2v) is 4.82. The summed E-state index contributed by atoms with van der Waals surface area (Å²) in [4.78, 5) is 2.48. The molecule has 2 saturated heterocycles. The average molecular weight is 199 g/mol. The Labute approximate surface area is 86.0 Å². The van der Waals surface area contributed by atoms with Crippen LogP contribution in [0.4, 0.5) is 0 Å². The number of aliphatic hydroxyl groups is 1. The lowest BCUT2D eigenvalue weighted by Gasteiger charge is -2.35. The Morgan fingerprint density at radius 2 is 2.29 bits per heavy atom. The number of piperidine rings is 1. The average Bonchev–Trinajstić information content (AvgIpc) is 2.64. The molecule has 0 aromatic heterocycles. The summed E-state index contributed by atoms with van der Waals surface area (Å²) in [6, 6.07) is 0. The monoisotopic (exact) mass is 199 g/mol. The lowest BCUT2D eigenvalue weighted by atomic mass is 9.95. The third-order valence-electron chi connectivity index (χ3n) is 3.48. The van der Waals surface area contributed by atoms with Gasteiger partial charge in [0.15, 0.2) is 0 Å². The standard InChI is InChI=1S/C11H21NO2/c1-9-6-12(4-2-11(9)13)7-10-3-5-14-8-10/h9-11,13H,2-8H2,1H3. The van der Waals surface area contributed by atoms with Gasteiger partial charge in [-0.3, -0.25) is 0 Å². The van der Waals surface area contributed by atoms with Gasteiger partial charge in [-0.2, -0.15) is 0 Å². The van der Waals surface area contributed by atoms with Crippen LogP contribution in [0.1, 0.15) is 19.8 Å². The third kappa shape index (κ3) is 2.47. The van der Waals surface area contributed by atoms with Crippen molar-refractivity contribution in [3.05, 3.63) is 0 Å². The van der Waals surface area contributed by atoms with Crippen LogP contribution < -0.4 is 0 Å². The molecule has 1 N–H and O–H groups in total. The first-order valence-corrected chi connectivity index (χ1v) is 5.74. The summed E-state index contributed by atoms with van der Waals surface area (Å²) in [7, 11) is 0. The summed E-state index contributed by atoms with van der Waals surface area (Å²) in [5.74, 6) is 1.17. The van der Waals surface area contributed by atoms with Crippen molar-refractivity contribution in [1.82, 2.24) is 4.90 Å². The van der Waals surface area contributed by atoms with E-state index in [1.54, 1.807) is 0 Å². The van der Waals surface area contributed by atoms with E-state index in [0.29, 0.717) is 5.92 Å². The van der Waals surface area contributed by atoms with Crippen LogP contribution in [0.2, 0.25) is 0 Å². The zero-order valence-corrected chi connectivity index (χ0v) is 8.98. The minimum Gasteiger partial charge on any atom is -0.393 e. The lowest BCUT2D eigenvalue weighted by Crippen LogP contribution is -2.43. The van der Waals surface area contributed by atoms with Crippen molar-refractivity contribution in [3.8, 4) is 0 Å². The van der Waals surface area contributed by atoms with Gasteiger partial charge < -0.3 is 14.7 Å². The highest BCUT2D eigenvalue weighted by atomic mass is 16.5. The van der Waals surface area contributed by atoms with Crippen molar-refractivity contribution in [2.75, 3.05) is 32.8 Å². The molecular formula is C11H21NO2. The third-order valence-corrected chi connectivity index (χ3v) is 3.48. The first kappa shape index (κ1) is 10.4. The van der Waals surface area contributed by atoms with Gasteiger partial charge in [0.1, 0.15) is 0 Å². The van der Waals surface area contributed by atoms with Crippen LogP contribution in [0.25, 0.3) is 0 Å². The summed E-state index contributed by atoms with van der Waals surface area (Å²) >= 11 is 0. The van der Waals surface area contributed by atoms with Crippen LogP contribution in [-0.2, 0) is 4.74 Å². The van der Waals surface area contributed by atoms with Crippen LogP contribution in [0, 0.1) is 11.8 Å². The fraction of sp³-hybridized carbons (Fsp3) is 1.00. The van der Waals surface area contributed by atoms with Gasteiger partial charge in [0.2, 0.25) is 0 Å². The molecule has 82 valence electrons. The van der Waals surface area contributed by atoms with Crippen molar-refractivity contribution >= 4 is 0 Å². The molecule has 2 heterocycles. The minimum absolute atomic E-state index is 0.0777. The predicted molar refractivity (Wildman–Crippen MR) is 55.2 cm³/mol. The number of likely N-dealkylation sites (tertiary alicyclic amines) is 1. The van der Waals surface area contributed by atoms with Crippen LogP contribution in [0.3, 0.4) is 0 Å². The molecule has 0 aromatic carbocycles. The molecule has 14 heavy (non-hydrogen) atoms. The number of hydrogen-bond acceptors (Lipinski definition) is 3. The van der Waals surface area contributed by atoms with Crippen molar-refractivity contribution in [2.45, 2.75) is 25.9 Å². The van der Waals surface area contributed by atoms with Gasteiger partial charge in [-0.05, 0) is 24.7 Å². The molecule has 0 amide bonds. The van der Waals surface area contributed by atoms with Gasteiger partial charge in [-0.15, -0.1) is 0 Å². The highest BCUT2D eigenvalue weighted by molar-refractivity contribution is 4.79. The molecule has 3 heteroatoms. The molecule has 0 aliphatic carbocycles. The van der Waals surface area contributed by atoms with E-state index < -0.39 is 0 Å². The van der Waals surface area contributed by atoms with E-state index in [0.717, 1.165) is 45.2 Å². The van der Waals surface area contributed by atoms with E-state index in [9.17, 15) is 5.11 Å². The zero-order chi connectivity index (χ0) is 9.97. The van der Waals surface area contributed by atoms with Gasteiger partial charge in [0.25, 0.3) is 0 Å². The number of hydrogen-bond donors (Lipinski definition) is 1. The van der Waals surface area contributed by atoms with Crippen LogP contribution in [0.5, 0.6) is 0 Å². The van der Waals surface area contributed by atoms with Crippen molar-refractivity contribution < 1.29 is 9.84 Å². The molecule has 0 aromatic rings. The van der Waals surface area contributed by atoms with E-state index in [1.165, 1.54) is 6.42 Å². The Morgan fingerprint density at radius 1 is 1.43 bits per heavy atom. The van der Waals surface area contributed by atoms with E-state index in [2.05, 4.69) is 11.8 Å². The minimum atomic E-state index is -0.0777. The maximum Gasteiger partial charge on any atom is 0.0590 e. The molecule has 0 bridgehead atoms. The number of rotatable bonds is 2. The Kier molecular flexibility index (Phi) is 3.42. The molecule has 3 nitrogen and oxygen atoms in total. The second-order valence-electron chi connectivity index (χ2n) is 4.82. The lowest BCUT2D eigenvalue weighted by molar-refractivity contribution is 0.0283. The molecule has 0 spiro atoms. The molecule has 2 fully saturated rings. The van der Waals surface area contributed by atoms with E-state index in [4.69, 9.17) is 4.74 Å². The number of aliphatic hydroxyl groups excluding tert-OH is 1. The Hall–Kier alpha value is -0.120. The molecule has 3 unspecified atom stereocenters. The Bertz CT molecular complexity index is 180. The van der Waals surface area contributed by atoms with Crippen molar-refractivity contribution in [3.63, 3.8) is 0 Å². The van der Waals surface area contributed by atoms with Crippen molar-refractivity contribution in [2.24, 2.45) is 11.8 Å². The summed E-state index contributed by atoms with van der Waals surface area (Å²) < 4.78 is 5.37. The fourth-order valence-corrected chi connectivity index (χ4v) is 2.48. The van der Waals surface area contributed by atoms with E-state index in [-0.39, 0.29) is 6.10 Å². The molecular weight excluding hydrogens is 178 g/mol. The fourth-order valence-electron chi connectivity index (χ4n) is 2.48. The van der Waals surface area contributed by atoms with Crippen LogP contribution in [0.15, 0.2) is 0 Å². The number of ether oxygens (including phenoxy) is 1. The van der Waals surface area contributed by atoms with E-state index in [1.807, 2.05) is 0 Å². The SMILES string of the molecule is CC1CN(CC2CCOC2)CCC1O. The maximum atomic E-state index is 9.60. The summed E-state index contributed by atoms with van der Waals surface area (Å²) in [5.41, 5.74) is 0. The predicted octanol–water partition coefficient (Wildman–Crippen LogP) is 0.726. The molecule has 0 radical (unpaired) electrons. The topological polar surface area (TPSA) is 32.7 Å². The van der Waals surface area contributed by atoms with Gasteiger partial charge >= 0.3 is 0 Å². The maximum absolute atomic E-state index is 9.60.